The molecule has 0 spiro atoms. The average Bonchev–Trinajstić information content (AvgIpc) is 2.28. The molecule has 0 aromatic heterocycles. The van der Waals surface area contributed by atoms with Gasteiger partial charge < -0.3 is 10.1 Å². The zero-order valence-electron chi connectivity index (χ0n) is 11.0. The van der Waals surface area contributed by atoms with E-state index in [0.29, 0.717) is 6.04 Å². The van der Waals surface area contributed by atoms with Gasteiger partial charge in [0.25, 0.3) is 0 Å². The van der Waals surface area contributed by atoms with Crippen molar-refractivity contribution in [2.45, 2.75) is 37.8 Å². The monoisotopic (exact) mass is 251 g/mol. The number of thioether (sulfide) groups is 1. The molecule has 0 saturated carbocycles. The first kappa shape index (κ1) is 12.8. The van der Waals surface area contributed by atoms with Crippen molar-refractivity contribution in [2.75, 3.05) is 12.8 Å². The number of benzene rings is 1. The highest BCUT2D eigenvalue weighted by atomic mass is 32.2. The number of fused-ring (bicyclic) bond motifs is 1. The van der Waals surface area contributed by atoms with Crippen molar-refractivity contribution in [3.63, 3.8) is 0 Å². The van der Waals surface area contributed by atoms with Crippen LogP contribution < -0.4 is 10.1 Å². The molecule has 2 rings (SSSR count). The van der Waals surface area contributed by atoms with Gasteiger partial charge in [0.15, 0.2) is 0 Å². The van der Waals surface area contributed by atoms with E-state index >= 15 is 0 Å². The molecule has 2 atom stereocenters. The third-order valence-electron chi connectivity index (χ3n) is 3.15. The van der Waals surface area contributed by atoms with Crippen LogP contribution in [0.2, 0.25) is 0 Å². The van der Waals surface area contributed by atoms with Crippen LogP contribution >= 0.6 is 11.8 Å². The quantitative estimate of drug-likeness (QED) is 0.872. The lowest BCUT2D eigenvalue weighted by Gasteiger charge is -2.39. The van der Waals surface area contributed by atoms with Crippen molar-refractivity contribution >= 4 is 11.8 Å². The van der Waals surface area contributed by atoms with Crippen LogP contribution in [0, 0.1) is 5.41 Å². The van der Waals surface area contributed by atoms with Crippen LogP contribution in [0.5, 0.6) is 5.75 Å². The molecule has 1 N–H and O–H groups in total. The van der Waals surface area contributed by atoms with Gasteiger partial charge >= 0.3 is 0 Å². The molecule has 0 fully saturated rings. The van der Waals surface area contributed by atoms with Gasteiger partial charge in [-0.2, -0.15) is 0 Å². The minimum absolute atomic E-state index is 0.201. The van der Waals surface area contributed by atoms with Crippen LogP contribution in [-0.2, 0) is 0 Å². The van der Waals surface area contributed by atoms with Crippen LogP contribution in [0.15, 0.2) is 29.2 Å². The summed E-state index contributed by atoms with van der Waals surface area (Å²) < 4.78 is 6.13. The fourth-order valence-electron chi connectivity index (χ4n) is 2.38. The van der Waals surface area contributed by atoms with E-state index in [-0.39, 0.29) is 11.5 Å². The molecule has 1 heterocycles. The lowest BCUT2D eigenvalue weighted by Crippen LogP contribution is -2.51. The van der Waals surface area contributed by atoms with E-state index in [0.717, 1.165) is 11.5 Å². The Morgan fingerprint density at radius 1 is 1.35 bits per heavy atom. The minimum Gasteiger partial charge on any atom is -0.487 e. The summed E-state index contributed by atoms with van der Waals surface area (Å²) in [6, 6.07) is 8.65. The van der Waals surface area contributed by atoms with Crippen LogP contribution in [0.1, 0.15) is 20.8 Å². The fourth-order valence-corrected chi connectivity index (χ4v) is 3.41. The maximum Gasteiger partial charge on any atom is 0.133 e. The first-order valence-electron chi connectivity index (χ1n) is 6.08. The second kappa shape index (κ2) is 4.91. The summed E-state index contributed by atoms with van der Waals surface area (Å²) in [4.78, 5) is 1.26. The van der Waals surface area contributed by atoms with Crippen LogP contribution in [0.4, 0.5) is 0 Å². The van der Waals surface area contributed by atoms with E-state index in [4.69, 9.17) is 4.74 Å². The number of para-hydroxylation sites is 1. The summed E-state index contributed by atoms with van der Waals surface area (Å²) in [6.45, 7) is 6.76. The van der Waals surface area contributed by atoms with Crippen molar-refractivity contribution in [1.82, 2.24) is 5.32 Å². The van der Waals surface area contributed by atoms with E-state index in [1.807, 2.05) is 24.9 Å². The van der Waals surface area contributed by atoms with E-state index in [1.54, 1.807) is 0 Å². The maximum absolute atomic E-state index is 6.13. The molecular weight excluding hydrogens is 230 g/mol. The van der Waals surface area contributed by atoms with Crippen molar-refractivity contribution in [1.29, 1.82) is 0 Å². The maximum atomic E-state index is 6.13. The molecule has 1 aliphatic heterocycles. The highest BCUT2D eigenvalue weighted by molar-refractivity contribution is 7.99. The Morgan fingerprint density at radius 2 is 2.06 bits per heavy atom. The van der Waals surface area contributed by atoms with Gasteiger partial charge in [0, 0.05) is 16.7 Å². The Bertz CT molecular complexity index is 386. The van der Waals surface area contributed by atoms with Gasteiger partial charge in [0.2, 0.25) is 0 Å². The van der Waals surface area contributed by atoms with Gasteiger partial charge in [-0.15, -0.1) is 11.8 Å². The fraction of sp³-hybridized carbons (Fsp3) is 0.571. The molecular formula is C14H21NOS. The summed E-state index contributed by atoms with van der Waals surface area (Å²) in [7, 11) is 2.02. The van der Waals surface area contributed by atoms with E-state index in [1.165, 1.54) is 4.90 Å². The molecule has 3 heteroatoms. The topological polar surface area (TPSA) is 21.3 Å². The van der Waals surface area contributed by atoms with Gasteiger partial charge in [0.1, 0.15) is 11.9 Å². The summed E-state index contributed by atoms with van der Waals surface area (Å²) in [5, 5.41) is 3.40. The minimum atomic E-state index is 0.201. The molecule has 0 radical (unpaired) electrons. The molecule has 0 bridgehead atoms. The van der Waals surface area contributed by atoms with E-state index < -0.39 is 0 Å². The Hall–Kier alpha value is -0.670. The van der Waals surface area contributed by atoms with Gasteiger partial charge in [0.05, 0.1) is 0 Å². The third kappa shape index (κ3) is 2.78. The van der Waals surface area contributed by atoms with Gasteiger partial charge in [-0.25, -0.2) is 0 Å². The van der Waals surface area contributed by atoms with Crippen molar-refractivity contribution in [3.05, 3.63) is 24.3 Å². The Kier molecular flexibility index (Phi) is 3.69. The van der Waals surface area contributed by atoms with Crippen molar-refractivity contribution in [3.8, 4) is 5.75 Å². The molecule has 0 amide bonds. The number of ether oxygens (including phenoxy) is 1. The number of nitrogens with one attached hydrogen (secondary N) is 1. The Morgan fingerprint density at radius 3 is 2.71 bits per heavy atom. The van der Waals surface area contributed by atoms with Crippen LogP contribution in [-0.4, -0.2) is 24.9 Å². The van der Waals surface area contributed by atoms with E-state index in [2.05, 4.69) is 44.3 Å². The normalized spacial score (nSPS) is 21.5. The van der Waals surface area contributed by atoms with E-state index in [9.17, 15) is 0 Å². The molecule has 17 heavy (non-hydrogen) atoms. The summed E-state index contributed by atoms with van der Waals surface area (Å²) in [6.07, 6.45) is 0.236. The third-order valence-corrected chi connectivity index (χ3v) is 4.29. The average molecular weight is 251 g/mol. The molecule has 2 unspecified atom stereocenters. The van der Waals surface area contributed by atoms with Crippen molar-refractivity contribution in [2.24, 2.45) is 5.41 Å². The number of rotatable bonds is 2. The first-order chi connectivity index (χ1) is 8.02. The number of hydrogen-bond donors (Lipinski definition) is 1. The smallest absolute Gasteiger partial charge is 0.133 e. The van der Waals surface area contributed by atoms with Gasteiger partial charge in [-0.3, -0.25) is 0 Å². The standard InChI is InChI=1S/C14H21NOS/c1-14(2,3)13(15-4)11-9-17-12-8-6-5-7-10(12)16-11/h5-8,11,13,15H,9H2,1-4H3. The molecule has 0 aliphatic carbocycles. The number of hydrogen-bond acceptors (Lipinski definition) is 3. The summed E-state index contributed by atoms with van der Waals surface area (Å²) in [5.41, 5.74) is 0.201. The Labute approximate surface area is 108 Å². The highest BCUT2D eigenvalue weighted by Crippen LogP contribution is 2.38. The van der Waals surface area contributed by atoms with Gasteiger partial charge in [-0.05, 0) is 24.6 Å². The molecule has 2 nitrogen and oxygen atoms in total. The predicted molar refractivity (Wildman–Crippen MR) is 73.9 cm³/mol. The van der Waals surface area contributed by atoms with Crippen LogP contribution in [0.3, 0.4) is 0 Å². The molecule has 0 saturated heterocycles. The largest absolute Gasteiger partial charge is 0.487 e. The Balaban J connectivity index is 2.16. The van der Waals surface area contributed by atoms with Crippen LogP contribution in [0.25, 0.3) is 0 Å². The molecule has 1 aliphatic rings. The van der Waals surface area contributed by atoms with Crippen molar-refractivity contribution < 1.29 is 4.74 Å². The second-order valence-corrected chi connectivity index (χ2v) is 6.61. The lowest BCUT2D eigenvalue weighted by molar-refractivity contribution is 0.107. The molecule has 1 aromatic carbocycles. The number of likely N-dealkylation sites (N-methyl/N-ethyl adjacent to an activating group) is 1. The zero-order valence-corrected chi connectivity index (χ0v) is 11.8. The highest BCUT2D eigenvalue weighted by Gasteiger charge is 2.34. The predicted octanol–water partition coefficient (Wildman–Crippen LogP) is 3.17. The molecule has 94 valence electrons. The SMILES string of the molecule is CNC(C1CSc2ccccc2O1)C(C)(C)C. The second-order valence-electron chi connectivity index (χ2n) is 5.55. The zero-order chi connectivity index (χ0) is 12.5. The molecule has 1 aromatic rings. The lowest BCUT2D eigenvalue weighted by atomic mass is 9.84. The first-order valence-corrected chi connectivity index (χ1v) is 7.06. The van der Waals surface area contributed by atoms with Gasteiger partial charge in [-0.1, -0.05) is 32.9 Å². The summed E-state index contributed by atoms with van der Waals surface area (Å²) in [5.74, 6) is 2.04. The summed E-state index contributed by atoms with van der Waals surface area (Å²) >= 11 is 1.89.